The van der Waals surface area contributed by atoms with Crippen LogP contribution < -0.4 is 0 Å². The van der Waals surface area contributed by atoms with Crippen LogP contribution in [0.2, 0.25) is 0 Å². The van der Waals surface area contributed by atoms with Gasteiger partial charge < -0.3 is 0 Å². The smallest absolute Gasteiger partial charge is 0.181 e. The predicted molar refractivity (Wildman–Crippen MR) is 90.3 cm³/mol. The molecule has 0 spiro atoms. The van der Waals surface area contributed by atoms with Crippen molar-refractivity contribution in [2.75, 3.05) is 0 Å². The lowest BCUT2D eigenvalue weighted by atomic mass is 10.1. The number of fused-ring (bicyclic) bond motifs is 1. The van der Waals surface area contributed by atoms with E-state index >= 15 is 0 Å². The lowest BCUT2D eigenvalue weighted by molar-refractivity contribution is 1.09. The van der Waals surface area contributed by atoms with Crippen molar-refractivity contribution >= 4 is 26.7 Å². The van der Waals surface area contributed by atoms with Gasteiger partial charge in [-0.05, 0) is 23.6 Å². The summed E-state index contributed by atoms with van der Waals surface area (Å²) in [6.45, 7) is 0. The van der Waals surface area contributed by atoms with Gasteiger partial charge in [-0.25, -0.2) is 4.98 Å². The third-order valence-corrected chi connectivity index (χ3v) is 3.96. The van der Waals surface area contributed by atoms with E-state index in [1.54, 1.807) is 6.20 Å². The van der Waals surface area contributed by atoms with Crippen molar-refractivity contribution < 1.29 is 0 Å². The first-order valence-corrected chi connectivity index (χ1v) is 7.63. The van der Waals surface area contributed by atoms with E-state index in [0.717, 1.165) is 26.5 Å². The second-order valence-corrected chi connectivity index (χ2v) is 5.81. The Bertz CT molecular complexity index is 956. The van der Waals surface area contributed by atoms with Gasteiger partial charge >= 0.3 is 0 Å². The first-order valence-electron chi connectivity index (χ1n) is 6.84. The monoisotopic (exact) mass is 350 g/mol. The van der Waals surface area contributed by atoms with Crippen molar-refractivity contribution in [2.24, 2.45) is 0 Å². The number of hydrogen-bond acceptors (Lipinski definition) is 3. The Labute approximate surface area is 135 Å². The third kappa shape index (κ3) is 2.29. The summed E-state index contributed by atoms with van der Waals surface area (Å²) in [5.41, 5.74) is 1.77. The molecule has 0 fully saturated rings. The maximum atomic E-state index is 4.59. The SMILES string of the molecule is Brc1cccc(-c2n[nH]c(-c3nccc4ccccc34)n2)c1. The number of nitrogens with zero attached hydrogens (tertiary/aromatic N) is 3. The quantitative estimate of drug-likeness (QED) is 0.581. The lowest BCUT2D eigenvalue weighted by Crippen LogP contribution is -1.88. The van der Waals surface area contributed by atoms with Crippen LogP contribution >= 0.6 is 15.9 Å². The molecule has 0 aliphatic heterocycles. The van der Waals surface area contributed by atoms with Gasteiger partial charge in [-0.3, -0.25) is 10.1 Å². The summed E-state index contributed by atoms with van der Waals surface area (Å²) in [6.07, 6.45) is 1.79. The molecule has 4 rings (SSSR count). The van der Waals surface area contributed by atoms with E-state index in [4.69, 9.17) is 0 Å². The summed E-state index contributed by atoms with van der Waals surface area (Å²) in [5, 5.41) is 9.50. The van der Waals surface area contributed by atoms with Gasteiger partial charge in [-0.2, -0.15) is 5.10 Å². The average Bonchev–Trinajstić information content (AvgIpc) is 3.04. The van der Waals surface area contributed by atoms with Gasteiger partial charge in [0.05, 0.1) is 0 Å². The van der Waals surface area contributed by atoms with Crippen LogP contribution in [0, 0.1) is 0 Å². The highest BCUT2D eigenvalue weighted by Crippen LogP contribution is 2.26. The highest BCUT2D eigenvalue weighted by Gasteiger charge is 2.11. The standard InChI is InChI=1S/C17H11BrN4/c18-13-6-3-5-12(10-13)16-20-17(22-21-16)15-14-7-2-1-4-11(14)8-9-19-15/h1-10H,(H,20,21,22). The van der Waals surface area contributed by atoms with Crippen molar-refractivity contribution in [1.82, 2.24) is 20.2 Å². The number of H-pyrrole nitrogens is 1. The van der Waals surface area contributed by atoms with Crippen molar-refractivity contribution in [3.63, 3.8) is 0 Å². The zero-order chi connectivity index (χ0) is 14.9. The Morgan fingerprint density at radius 2 is 1.86 bits per heavy atom. The summed E-state index contributed by atoms with van der Waals surface area (Å²) in [7, 11) is 0. The number of halogens is 1. The minimum absolute atomic E-state index is 0.658. The van der Waals surface area contributed by atoms with E-state index in [0.29, 0.717) is 11.6 Å². The molecule has 0 amide bonds. The Morgan fingerprint density at radius 1 is 0.955 bits per heavy atom. The number of rotatable bonds is 2. The molecule has 0 atom stereocenters. The molecule has 0 aliphatic carbocycles. The van der Waals surface area contributed by atoms with Crippen molar-refractivity contribution in [2.45, 2.75) is 0 Å². The Morgan fingerprint density at radius 3 is 2.77 bits per heavy atom. The van der Waals surface area contributed by atoms with Gasteiger partial charge in [0.2, 0.25) is 0 Å². The highest BCUT2D eigenvalue weighted by molar-refractivity contribution is 9.10. The topological polar surface area (TPSA) is 54.5 Å². The fraction of sp³-hybridized carbons (Fsp3) is 0. The molecule has 0 radical (unpaired) electrons. The van der Waals surface area contributed by atoms with E-state index < -0.39 is 0 Å². The molecular formula is C17H11BrN4. The van der Waals surface area contributed by atoms with E-state index in [-0.39, 0.29) is 0 Å². The number of aromatic nitrogens is 4. The molecule has 0 saturated heterocycles. The van der Waals surface area contributed by atoms with Gasteiger partial charge in [0.25, 0.3) is 0 Å². The van der Waals surface area contributed by atoms with E-state index in [2.05, 4.69) is 42.2 Å². The van der Waals surface area contributed by atoms with E-state index in [1.807, 2.05) is 48.5 Å². The molecule has 4 aromatic rings. The zero-order valence-corrected chi connectivity index (χ0v) is 13.1. The molecule has 2 aromatic heterocycles. The number of aromatic amines is 1. The molecule has 106 valence electrons. The van der Waals surface area contributed by atoms with Crippen LogP contribution in [0.15, 0.2) is 65.3 Å². The minimum atomic E-state index is 0.658. The second kappa shape index (κ2) is 5.35. The summed E-state index contributed by atoms with van der Waals surface area (Å²) in [6, 6.07) is 18.0. The largest absolute Gasteiger partial charge is 0.257 e. The van der Waals surface area contributed by atoms with Gasteiger partial charge in [-0.15, -0.1) is 0 Å². The lowest BCUT2D eigenvalue weighted by Gasteiger charge is -2.01. The maximum absolute atomic E-state index is 4.59. The fourth-order valence-corrected chi connectivity index (χ4v) is 2.83. The summed E-state index contributed by atoms with van der Waals surface area (Å²) in [5.74, 6) is 1.33. The van der Waals surface area contributed by atoms with Gasteiger partial charge in [-0.1, -0.05) is 52.3 Å². The van der Waals surface area contributed by atoms with E-state index in [1.165, 1.54) is 0 Å². The zero-order valence-electron chi connectivity index (χ0n) is 11.5. The van der Waals surface area contributed by atoms with Crippen LogP contribution in [0.1, 0.15) is 0 Å². The van der Waals surface area contributed by atoms with Crippen molar-refractivity contribution in [3.05, 3.63) is 65.3 Å². The van der Waals surface area contributed by atoms with Crippen LogP contribution in [-0.4, -0.2) is 20.2 Å². The first-order chi connectivity index (χ1) is 10.8. The number of benzene rings is 2. The average molecular weight is 351 g/mol. The van der Waals surface area contributed by atoms with Gasteiger partial charge in [0.15, 0.2) is 11.6 Å². The Balaban J connectivity index is 1.84. The molecule has 0 bridgehead atoms. The normalized spacial score (nSPS) is 11.0. The molecule has 22 heavy (non-hydrogen) atoms. The molecular weight excluding hydrogens is 340 g/mol. The second-order valence-electron chi connectivity index (χ2n) is 4.90. The van der Waals surface area contributed by atoms with Gasteiger partial charge in [0.1, 0.15) is 5.69 Å². The van der Waals surface area contributed by atoms with Crippen LogP contribution in [0.5, 0.6) is 0 Å². The summed E-state index contributed by atoms with van der Waals surface area (Å²) < 4.78 is 1.000. The van der Waals surface area contributed by atoms with Crippen LogP contribution in [-0.2, 0) is 0 Å². The van der Waals surface area contributed by atoms with Crippen molar-refractivity contribution in [1.29, 1.82) is 0 Å². The molecule has 0 unspecified atom stereocenters. The molecule has 4 nitrogen and oxygen atoms in total. The molecule has 0 saturated carbocycles. The van der Waals surface area contributed by atoms with Crippen LogP contribution in [0.4, 0.5) is 0 Å². The fourth-order valence-electron chi connectivity index (χ4n) is 2.43. The Kier molecular flexibility index (Phi) is 3.20. The molecule has 2 heterocycles. The highest BCUT2D eigenvalue weighted by atomic mass is 79.9. The number of pyridine rings is 1. The molecule has 5 heteroatoms. The third-order valence-electron chi connectivity index (χ3n) is 3.47. The maximum Gasteiger partial charge on any atom is 0.181 e. The van der Waals surface area contributed by atoms with Crippen LogP contribution in [0.25, 0.3) is 33.7 Å². The minimum Gasteiger partial charge on any atom is -0.257 e. The number of nitrogens with one attached hydrogen (secondary N) is 1. The Hall–Kier alpha value is -2.53. The summed E-state index contributed by atoms with van der Waals surface area (Å²) >= 11 is 3.47. The summed E-state index contributed by atoms with van der Waals surface area (Å²) in [4.78, 5) is 9.05. The predicted octanol–water partition coefficient (Wildman–Crippen LogP) is 4.45. The first kappa shape index (κ1) is 13.2. The van der Waals surface area contributed by atoms with Crippen LogP contribution in [0.3, 0.4) is 0 Å². The molecule has 0 aliphatic rings. The van der Waals surface area contributed by atoms with E-state index in [9.17, 15) is 0 Å². The van der Waals surface area contributed by atoms with Crippen molar-refractivity contribution in [3.8, 4) is 22.9 Å². The van der Waals surface area contributed by atoms with Gasteiger partial charge in [0, 0.05) is 21.6 Å². The number of hydrogen-bond donors (Lipinski definition) is 1. The molecule has 1 N–H and O–H groups in total. The molecule has 2 aromatic carbocycles.